The van der Waals surface area contributed by atoms with Crippen molar-refractivity contribution in [1.82, 2.24) is 24.6 Å². The Bertz CT molecular complexity index is 939. The first kappa shape index (κ1) is 18.7. The lowest BCUT2D eigenvalue weighted by Crippen LogP contribution is -2.30. The minimum absolute atomic E-state index is 0.556. The number of pyridine rings is 1. The molecule has 0 amide bonds. The Hall–Kier alpha value is -2.69. The highest BCUT2D eigenvalue weighted by Gasteiger charge is 2.18. The largest absolute Gasteiger partial charge is 0.300 e. The smallest absolute Gasteiger partial charge is 0.197 e. The van der Waals surface area contributed by atoms with Gasteiger partial charge in [0.25, 0.3) is 0 Å². The quantitative estimate of drug-likeness (QED) is 0.639. The maximum Gasteiger partial charge on any atom is 0.197 e. The van der Waals surface area contributed by atoms with Crippen LogP contribution in [0.5, 0.6) is 0 Å². The second kappa shape index (κ2) is 9.00. The summed E-state index contributed by atoms with van der Waals surface area (Å²) in [5.74, 6) is 0.988. The topological polar surface area (TPSA) is 70.6 Å². The van der Waals surface area contributed by atoms with E-state index in [-0.39, 0.29) is 0 Å². The molecule has 3 aromatic rings. The predicted octanol–water partition coefficient (Wildman–Crippen LogP) is 3.73. The van der Waals surface area contributed by atoms with Crippen LogP contribution in [-0.4, -0.2) is 37.7 Å². The lowest BCUT2D eigenvalue weighted by atomic mass is 10.1. The van der Waals surface area contributed by atoms with Crippen LogP contribution >= 0.6 is 11.8 Å². The number of nitrogens with zero attached hydrogens (tertiary/aromatic N) is 6. The van der Waals surface area contributed by atoms with Gasteiger partial charge >= 0.3 is 0 Å². The SMILES string of the molecule is N#Cc1ccc(Sc2nnc(CN3CCCCC3)n2Cc2ccccc2)nc1. The molecule has 0 aliphatic carbocycles. The third kappa shape index (κ3) is 4.58. The summed E-state index contributed by atoms with van der Waals surface area (Å²) in [6, 6.07) is 16.1. The van der Waals surface area contributed by atoms with Crippen LogP contribution in [-0.2, 0) is 13.1 Å². The number of hydrogen-bond donors (Lipinski definition) is 0. The molecule has 1 saturated heterocycles. The summed E-state index contributed by atoms with van der Waals surface area (Å²) >= 11 is 1.49. The molecule has 2 aromatic heterocycles. The van der Waals surface area contributed by atoms with E-state index in [0.29, 0.717) is 5.56 Å². The molecule has 0 N–H and O–H groups in total. The molecule has 3 heterocycles. The van der Waals surface area contributed by atoms with Gasteiger partial charge in [0, 0.05) is 6.20 Å². The fraction of sp³-hybridized carbons (Fsp3) is 0.333. The van der Waals surface area contributed by atoms with E-state index in [1.807, 2.05) is 12.1 Å². The van der Waals surface area contributed by atoms with Crippen molar-refractivity contribution in [2.75, 3.05) is 13.1 Å². The van der Waals surface area contributed by atoms with Crippen molar-refractivity contribution in [3.05, 3.63) is 65.6 Å². The van der Waals surface area contributed by atoms with Gasteiger partial charge in [0.2, 0.25) is 0 Å². The zero-order chi connectivity index (χ0) is 19.2. The van der Waals surface area contributed by atoms with Crippen LogP contribution in [0.4, 0.5) is 0 Å². The second-order valence-electron chi connectivity index (χ2n) is 6.91. The van der Waals surface area contributed by atoms with Crippen LogP contribution in [0.15, 0.2) is 58.8 Å². The van der Waals surface area contributed by atoms with Gasteiger partial charge in [-0.2, -0.15) is 5.26 Å². The summed E-state index contributed by atoms with van der Waals surface area (Å²) in [4.78, 5) is 6.83. The Kier molecular flexibility index (Phi) is 6.00. The second-order valence-corrected chi connectivity index (χ2v) is 7.89. The molecule has 0 bridgehead atoms. The van der Waals surface area contributed by atoms with Crippen LogP contribution in [0, 0.1) is 11.3 Å². The highest BCUT2D eigenvalue weighted by molar-refractivity contribution is 7.99. The lowest BCUT2D eigenvalue weighted by Gasteiger charge is -2.26. The molecule has 1 aromatic carbocycles. The Balaban J connectivity index is 1.59. The molecule has 0 atom stereocenters. The van der Waals surface area contributed by atoms with Gasteiger partial charge in [-0.3, -0.25) is 4.90 Å². The molecule has 0 radical (unpaired) electrons. The summed E-state index contributed by atoms with van der Waals surface area (Å²) in [6.45, 7) is 3.80. The minimum Gasteiger partial charge on any atom is -0.300 e. The molecular formula is C21H22N6S. The van der Waals surface area contributed by atoms with Gasteiger partial charge in [-0.25, -0.2) is 4.98 Å². The van der Waals surface area contributed by atoms with Crippen molar-refractivity contribution < 1.29 is 0 Å². The van der Waals surface area contributed by atoms with E-state index >= 15 is 0 Å². The third-order valence-electron chi connectivity index (χ3n) is 4.85. The first-order valence-electron chi connectivity index (χ1n) is 9.54. The Morgan fingerprint density at radius 2 is 1.79 bits per heavy atom. The molecule has 7 heteroatoms. The molecule has 142 valence electrons. The summed E-state index contributed by atoms with van der Waals surface area (Å²) in [6.07, 6.45) is 5.42. The van der Waals surface area contributed by atoms with E-state index in [2.05, 4.69) is 55.0 Å². The number of rotatable bonds is 6. The van der Waals surface area contributed by atoms with E-state index in [4.69, 9.17) is 5.26 Å². The number of benzene rings is 1. The van der Waals surface area contributed by atoms with Gasteiger partial charge in [0.05, 0.1) is 18.7 Å². The number of nitriles is 1. The highest BCUT2D eigenvalue weighted by atomic mass is 32.2. The van der Waals surface area contributed by atoms with E-state index in [1.165, 1.54) is 36.6 Å². The van der Waals surface area contributed by atoms with Crippen LogP contribution in [0.3, 0.4) is 0 Å². The Labute approximate surface area is 169 Å². The van der Waals surface area contributed by atoms with Crippen molar-refractivity contribution >= 4 is 11.8 Å². The predicted molar refractivity (Wildman–Crippen MR) is 108 cm³/mol. The number of hydrogen-bond acceptors (Lipinski definition) is 6. The van der Waals surface area contributed by atoms with Crippen molar-refractivity contribution in [2.45, 2.75) is 42.5 Å². The zero-order valence-corrected chi connectivity index (χ0v) is 16.5. The normalized spacial score (nSPS) is 14.7. The Morgan fingerprint density at radius 3 is 2.50 bits per heavy atom. The summed E-state index contributed by atoms with van der Waals surface area (Å²) < 4.78 is 2.19. The fourth-order valence-electron chi connectivity index (χ4n) is 3.35. The molecule has 1 aliphatic heterocycles. The molecule has 6 nitrogen and oxygen atoms in total. The average Bonchev–Trinajstić information content (AvgIpc) is 3.11. The first-order chi connectivity index (χ1) is 13.8. The van der Waals surface area contributed by atoms with E-state index in [0.717, 1.165) is 42.2 Å². The van der Waals surface area contributed by atoms with Crippen molar-refractivity contribution in [1.29, 1.82) is 5.26 Å². The van der Waals surface area contributed by atoms with E-state index in [1.54, 1.807) is 12.3 Å². The van der Waals surface area contributed by atoms with Crippen LogP contribution < -0.4 is 0 Å². The van der Waals surface area contributed by atoms with Gasteiger partial charge in [-0.1, -0.05) is 36.8 Å². The lowest BCUT2D eigenvalue weighted by molar-refractivity contribution is 0.213. The fourth-order valence-corrected chi connectivity index (χ4v) is 4.14. The molecule has 0 spiro atoms. The van der Waals surface area contributed by atoms with Crippen molar-refractivity contribution in [2.24, 2.45) is 0 Å². The summed E-state index contributed by atoms with van der Waals surface area (Å²) in [5.41, 5.74) is 1.78. The highest BCUT2D eigenvalue weighted by Crippen LogP contribution is 2.26. The summed E-state index contributed by atoms with van der Waals surface area (Å²) in [7, 11) is 0. The number of piperidine rings is 1. The molecule has 28 heavy (non-hydrogen) atoms. The van der Waals surface area contributed by atoms with Gasteiger partial charge < -0.3 is 4.57 Å². The molecule has 0 saturated carbocycles. The molecule has 0 unspecified atom stereocenters. The Morgan fingerprint density at radius 1 is 0.964 bits per heavy atom. The first-order valence-corrected chi connectivity index (χ1v) is 10.4. The third-order valence-corrected chi connectivity index (χ3v) is 5.79. The number of aromatic nitrogens is 4. The minimum atomic E-state index is 0.556. The monoisotopic (exact) mass is 390 g/mol. The molecule has 1 fully saturated rings. The molecule has 1 aliphatic rings. The average molecular weight is 391 g/mol. The van der Waals surface area contributed by atoms with E-state index in [9.17, 15) is 0 Å². The van der Waals surface area contributed by atoms with Gasteiger partial charge in [0.1, 0.15) is 16.9 Å². The summed E-state index contributed by atoms with van der Waals surface area (Å²) in [5, 5.41) is 19.6. The zero-order valence-electron chi connectivity index (χ0n) is 15.7. The van der Waals surface area contributed by atoms with Crippen molar-refractivity contribution in [3.8, 4) is 6.07 Å². The van der Waals surface area contributed by atoms with Crippen molar-refractivity contribution in [3.63, 3.8) is 0 Å². The molecule has 4 rings (SSSR count). The standard InChI is InChI=1S/C21H22N6S/c22-13-18-9-10-20(23-14-18)28-21-25-24-19(16-26-11-5-2-6-12-26)27(21)15-17-7-3-1-4-8-17/h1,3-4,7-10,14H,2,5-6,11-12,15-16H2. The number of likely N-dealkylation sites (tertiary alicyclic amines) is 1. The maximum absolute atomic E-state index is 8.96. The van der Waals surface area contributed by atoms with Gasteiger partial charge in [0.15, 0.2) is 5.16 Å². The van der Waals surface area contributed by atoms with Crippen LogP contribution in [0.2, 0.25) is 0 Å². The van der Waals surface area contributed by atoms with Gasteiger partial charge in [-0.15, -0.1) is 10.2 Å². The maximum atomic E-state index is 8.96. The van der Waals surface area contributed by atoms with Crippen LogP contribution in [0.1, 0.15) is 36.2 Å². The van der Waals surface area contributed by atoms with Crippen LogP contribution in [0.25, 0.3) is 0 Å². The van der Waals surface area contributed by atoms with Gasteiger partial charge in [-0.05, 0) is 55.4 Å². The van der Waals surface area contributed by atoms with E-state index < -0.39 is 0 Å². The molecular weight excluding hydrogens is 368 g/mol.